The predicted octanol–water partition coefficient (Wildman–Crippen LogP) is 8.30. The first kappa shape index (κ1) is 44.6. The van der Waals surface area contributed by atoms with Crippen molar-refractivity contribution in [3.05, 3.63) is 11.6 Å². The van der Waals surface area contributed by atoms with Gasteiger partial charge >= 0.3 is 6.09 Å². The molecule has 12 heteroatoms. The molecule has 4 aliphatic carbocycles. The summed E-state index contributed by atoms with van der Waals surface area (Å²) in [7, 11) is 3.47. The van der Waals surface area contributed by atoms with Crippen molar-refractivity contribution < 1.29 is 14.3 Å². The molecule has 0 bridgehead atoms. The fraction of sp³-hybridized carbons (Fsp3) is 0.857. The molecule has 308 valence electrons. The normalized spacial score (nSPS) is 29.1. The molecule has 0 aromatic rings. The molecule has 3 saturated carbocycles. The van der Waals surface area contributed by atoms with Crippen LogP contribution in [0.1, 0.15) is 137 Å². The number of nitrogens with one attached hydrogen (secondary N) is 1. The van der Waals surface area contributed by atoms with E-state index in [9.17, 15) is 9.59 Å². The van der Waals surface area contributed by atoms with Crippen LogP contribution in [0.15, 0.2) is 21.6 Å². The molecule has 2 amide bonds. The average Bonchev–Trinajstić information content (AvgIpc) is 3.46. The lowest BCUT2D eigenvalue weighted by atomic mass is 9.47. The number of nitrogens with two attached hydrogens (primary N) is 3. The number of rotatable bonds is 22. The number of hydrogen-bond donors (Lipinski definition) is 4. The molecule has 0 radical (unpaired) electrons. The maximum Gasteiger partial charge on any atom is 0.407 e. The predicted molar refractivity (Wildman–Crippen MR) is 230 cm³/mol. The average molecular weight is 790 g/mol. The Balaban J connectivity index is 1.11. The summed E-state index contributed by atoms with van der Waals surface area (Å²) in [6.07, 6.45) is 20.5. The first-order chi connectivity index (χ1) is 25.8. The lowest BCUT2D eigenvalue weighted by Gasteiger charge is -2.58. The van der Waals surface area contributed by atoms with Crippen molar-refractivity contribution in [2.45, 2.75) is 143 Å². The molecule has 4 aliphatic rings. The lowest BCUT2D eigenvalue weighted by Crippen LogP contribution is -2.50. The zero-order valence-corrected chi connectivity index (χ0v) is 36.1. The van der Waals surface area contributed by atoms with Crippen LogP contribution in [0.2, 0.25) is 0 Å². The molecule has 4 rings (SSSR count). The van der Waals surface area contributed by atoms with Crippen LogP contribution in [-0.2, 0) is 9.53 Å². The molecule has 3 fully saturated rings. The third-order valence-electron chi connectivity index (χ3n) is 13.4. The van der Waals surface area contributed by atoms with Crippen molar-refractivity contribution in [2.24, 2.45) is 67.6 Å². The van der Waals surface area contributed by atoms with Gasteiger partial charge in [0.25, 0.3) is 0 Å². The second-order valence-electron chi connectivity index (χ2n) is 17.6. The third kappa shape index (κ3) is 13.0. The zero-order chi connectivity index (χ0) is 39.1. The van der Waals surface area contributed by atoms with Crippen LogP contribution in [-0.4, -0.2) is 79.0 Å². The fourth-order valence-corrected chi connectivity index (χ4v) is 12.5. The highest BCUT2D eigenvalue weighted by atomic mass is 33.1. The summed E-state index contributed by atoms with van der Waals surface area (Å²) in [5.74, 6) is 6.66. The van der Waals surface area contributed by atoms with Gasteiger partial charge in [-0.3, -0.25) is 14.8 Å². The Morgan fingerprint density at radius 1 is 0.944 bits per heavy atom. The highest BCUT2D eigenvalue weighted by molar-refractivity contribution is 8.76. The van der Waals surface area contributed by atoms with Crippen LogP contribution < -0.4 is 22.5 Å². The summed E-state index contributed by atoms with van der Waals surface area (Å²) in [6.45, 7) is 14.6. The minimum absolute atomic E-state index is 0.0282. The molecule has 7 N–H and O–H groups in total. The van der Waals surface area contributed by atoms with Gasteiger partial charge in [0.15, 0.2) is 5.96 Å². The Bertz CT molecular complexity index is 1260. The molecular weight excluding hydrogens is 715 g/mol. The van der Waals surface area contributed by atoms with Gasteiger partial charge in [-0.05, 0) is 118 Å². The fourth-order valence-electron chi connectivity index (χ4n) is 10.5. The Labute approximate surface area is 335 Å². The first-order valence-corrected chi connectivity index (χ1v) is 23.8. The van der Waals surface area contributed by atoms with Gasteiger partial charge in [-0.1, -0.05) is 80.2 Å². The van der Waals surface area contributed by atoms with Gasteiger partial charge in [-0.15, -0.1) is 0 Å². The van der Waals surface area contributed by atoms with Gasteiger partial charge in [0.05, 0.1) is 5.84 Å². The van der Waals surface area contributed by atoms with Crippen LogP contribution >= 0.6 is 21.6 Å². The van der Waals surface area contributed by atoms with Crippen LogP contribution in [0.5, 0.6) is 0 Å². The number of fused-ring (bicyclic) bond motifs is 5. The van der Waals surface area contributed by atoms with Gasteiger partial charge < -0.3 is 32.2 Å². The summed E-state index contributed by atoms with van der Waals surface area (Å²) >= 11 is 0. The van der Waals surface area contributed by atoms with Crippen molar-refractivity contribution in [3.63, 3.8) is 0 Å². The molecule has 0 aromatic carbocycles. The monoisotopic (exact) mass is 790 g/mol. The molecule has 7 atom stereocenters. The summed E-state index contributed by atoms with van der Waals surface area (Å²) < 4.78 is 5.99. The SMILES string of the molecule is CC(N)=NCCCN(CCCN=C(N)N)C(=O)CCCSSCCNC(=O)OC1CCC2(C)C(=CCC3C2CCC2(C)C(CCCCC(C)C)CCC32)C1. The molecule has 7 unspecified atom stereocenters. The Kier molecular flexibility index (Phi) is 18.2. The third-order valence-corrected chi connectivity index (χ3v) is 15.9. The summed E-state index contributed by atoms with van der Waals surface area (Å²) in [4.78, 5) is 35.9. The second kappa shape index (κ2) is 22.0. The number of allylic oxidation sites excluding steroid dienone is 1. The van der Waals surface area contributed by atoms with Crippen LogP contribution in [0.4, 0.5) is 4.79 Å². The minimum atomic E-state index is -0.292. The van der Waals surface area contributed by atoms with Gasteiger partial charge in [0.1, 0.15) is 6.10 Å². The summed E-state index contributed by atoms with van der Waals surface area (Å²) in [6, 6.07) is 0. The van der Waals surface area contributed by atoms with E-state index >= 15 is 0 Å². The van der Waals surface area contributed by atoms with E-state index in [1.54, 1.807) is 34.1 Å². The lowest BCUT2D eigenvalue weighted by molar-refractivity contribution is -0.131. The number of unbranched alkanes of at least 4 members (excludes halogenated alkanes) is 1. The van der Waals surface area contributed by atoms with Gasteiger partial charge in [-0.2, -0.15) is 0 Å². The Hall–Kier alpha value is -2.08. The van der Waals surface area contributed by atoms with Crippen molar-refractivity contribution in [2.75, 3.05) is 44.2 Å². The van der Waals surface area contributed by atoms with Crippen molar-refractivity contribution in [3.8, 4) is 0 Å². The molecule has 54 heavy (non-hydrogen) atoms. The maximum atomic E-state index is 12.9. The largest absolute Gasteiger partial charge is 0.446 e. The van der Waals surface area contributed by atoms with Gasteiger partial charge in [-0.25, -0.2) is 4.79 Å². The number of carbonyl (C=O) groups is 2. The number of ether oxygens (including phenoxy) is 1. The maximum absolute atomic E-state index is 12.9. The number of amidine groups is 1. The van der Waals surface area contributed by atoms with E-state index in [1.807, 2.05) is 4.90 Å². The molecule has 0 spiro atoms. The van der Waals surface area contributed by atoms with Crippen LogP contribution in [0.25, 0.3) is 0 Å². The topological polar surface area (TPSA) is 161 Å². The van der Waals surface area contributed by atoms with Gasteiger partial charge in [0.2, 0.25) is 5.91 Å². The van der Waals surface area contributed by atoms with E-state index in [0.29, 0.717) is 56.8 Å². The summed E-state index contributed by atoms with van der Waals surface area (Å²) in [5, 5.41) is 2.98. The van der Waals surface area contributed by atoms with Gasteiger partial charge in [0, 0.05) is 57.1 Å². The Morgan fingerprint density at radius 2 is 1.69 bits per heavy atom. The highest BCUT2D eigenvalue weighted by Crippen LogP contribution is 2.66. The second-order valence-corrected chi connectivity index (χ2v) is 20.3. The van der Waals surface area contributed by atoms with E-state index in [4.69, 9.17) is 21.9 Å². The number of carbonyl (C=O) groups excluding carboxylic acids is 2. The highest BCUT2D eigenvalue weighted by Gasteiger charge is 2.58. The number of aliphatic imine (C=N–C) groups is 2. The number of guanidine groups is 1. The minimum Gasteiger partial charge on any atom is -0.446 e. The molecule has 10 nitrogen and oxygen atoms in total. The molecule has 0 saturated heterocycles. The van der Waals surface area contributed by atoms with Crippen LogP contribution in [0.3, 0.4) is 0 Å². The number of hydrogen-bond acceptors (Lipinski definition) is 7. The van der Waals surface area contributed by atoms with E-state index < -0.39 is 0 Å². The molecule has 0 aliphatic heterocycles. The number of amides is 2. The standard InChI is InChI=1S/C42H75N7O3S2/c1-30(2)11-6-7-12-32-15-17-36-35-16-14-33-29-34(18-20-42(33,5)37(35)19-21-41(32,36)4)52-40(51)48-24-28-54-53-27-8-13-38(50)49(25-9-22-46-31(3)43)26-10-23-47-39(44)45/h14,30,32,34-37H,6-13,15-29H2,1-5H3,(H2,43,46)(H,48,51)(H4,44,45,47). The van der Waals surface area contributed by atoms with Crippen molar-refractivity contribution in [1.82, 2.24) is 10.2 Å². The van der Waals surface area contributed by atoms with Crippen LogP contribution in [0, 0.1) is 40.4 Å². The smallest absolute Gasteiger partial charge is 0.407 e. The Morgan fingerprint density at radius 3 is 2.41 bits per heavy atom. The van der Waals surface area contributed by atoms with E-state index in [1.165, 1.54) is 57.8 Å². The quantitative estimate of drug-likeness (QED) is 0.0280. The van der Waals surface area contributed by atoms with Crippen molar-refractivity contribution in [1.29, 1.82) is 0 Å². The zero-order valence-electron chi connectivity index (χ0n) is 34.4. The van der Waals surface area contributed by atoms with E-state index in [-0.39, 0.29) is 29.5 Å². The molecule has 0 aromatic heterocycles. The summed E-state index contributed by atoms with van der Waals surface area (Å²) in [5.41, 5.74) is 18.9. The molecular formula is C42H75N7O3S2. The number of alkyl carbamates (subject to hydrolysis) is 1. The van der Waals surface area contributed by atoms with E-state index in [2.05, 4.69) is 49.1 Å². The molecule has 0 heterocycles. The van der Waals surface area contributed by atoms with E-state index in [0.717, 1.165) is 73.2 Å². The number of nitrogens with zero attached hydrogens (tertiary/aromatic N) is 3. The first-order valence-electron chi connectivity index (χ1n) is 21.3. The van der Waals surface area contributed by atoms with Crippen molar-refractivity contribution >= 4 is 45.4 Å².